The van der Waals surface area contributed by atoms with E-state index in [1.807, 2.05) is 38.8 Å². The van der Waals surface area contributed by atoms with Crippen LogP contribution in [-0.4, -0.2) is 105 Å². The number of aryl methyl sites for hydroxylation is 14. The summed E-state index contributed by atoms with van der Waals surface area (Å²) in [7, 11) is 0. The lowest BCUT2D eigenvalue weighted by Gasteiger charge is -2.08. The minimum Gasteiger partial charge on any atom is -0.252 e. The van der Waals surface area contributed by atoms with Gasteiger partial charge in [0.2, 0.25) is 0 Å². The minimum atomic E-state index is 0.788. The summed E-state index contributed by atoms with van der Waals surface area (Å²) in [5.74, 6) is 11.5. The number of hydrogen-bond acceptors (Lipinski definition) is 14. The summed E-state index contributed by atoms with van der Waals surface area (Å²) in [6.45, 7) is 71.4. The van der Waals surface area contributed by atoms with Crippen LogP contribution in [0.4, 0.5) is 0 Å². The van der Waals surface area contributed by atoms with Gasteiger partial charge >= 0.3 is 0 Å². The number of nitrogens with zero attached hydrogens (tertiary/aromatic N) is 21. The molecule has 0 spiro atoms. The van der Waals surface area contributed by atoms with Crippen molar-refractivity contribution < 1.29 is 0 Å². The highest BCUT2D eigenvalue weighted by atomic mass is 15.5. The van der Waals surface area contributed by atoms with E-state index in [0.717, 1.165) is 191 Å². The summed E-state index contributed by atoms with van der Waals surface area (Å²) in [5, 5.41) is 58.7. The lowest BCUT2D eigenvalue weighted by atomic mass is 10.0. The lowest BCUT2D eigenvalue weighted by Crippen LogP contribution is -2.06. The Morgan fingerprint density at radius 1 is 0.156 bits per heavy atom. The average molecular weight is 1970 g/mol. The van der Waals surface area contributed by atoms with Crippen LogP contribution in [0.3, 0.4) is 0 Å². The van der Waals surface area contributed by atoms with Gasteiger partial charge in [-0.15, -0.1) is 35.7 Å². The highest BCUT2D eigenvalue weighted by Gasteiger charge is 2.14. The van der Waals surface area contributed by atoms with Gasteiger partial charge in [0.15, 0.2) is 0 Å². The summed E-state index contributed by atoms with van der Waals surface area (Å²) in [5.41, 5.74) is 8.76. The second kappa shape index (κ2) is 89.2. The fourth-order valence-electron chi connectivity index (χ4n) is 17.5. The van der Waals surface area contributed by atoms with E-state index in [1.54, 1.807) is 0 Å². The maximum absolute atomic E-state index is 4.26. The molecular formula is C120H233N21. The van der Waals surface area contributed by atoms with Crippen molar-refractivity contribution in [3.05, 3.63) is 83.2 Å². The van der Waals surface area contributed by atoms with Crippen LogP contribution in [0.5, 0.6) is 0 Å². The topological polar surface area (TPSA) is 215 Å². The van der Waals surface area contributed by atoms with Crippen molar-refractivity contribution in [2.24, 2.45) is 82.9 Å². The third-order valence-electron chi connectivity index (χ3n) is 26.7. The van der Waals surface area contributed by atoms with Crippen molar-refractivity contribution in [2.45, 2.75) is 606 Å². The predicted octanol–water partition coefficient (Wildman–Crippen LogP) is 34.4. The van der Waals surface area contributed by atoms with Gasteiger partial charge in [0.25, 0.3) is 0 Å². The van der Waals surface area contributed by atoms with Crippen molar-refractivity contribution in [1.82, 2.24) is 105 Å². The maximum Gasteiger partial charge on any atom is 0.0827 e. The van der Waals surface area contributed by atoms with Crippen molar-refractivity contribution in [1.29, 1.82) is 0 Å². The van der Waals surface area contributed by atoms with Crippen LogP contribution in [0, 0.1) is 82.9 Å². The van der Waals surface area contributed by atoms with Gasteiger partial charge in [-0.1, -0.05) is 462 Å². The molecule has 7 heterocycles. The molecule has 7 aromatic heterocycles. The molecule has 0 aliphatic carbocycles. The molecule has 818 valence electrons. The van der Waals surface area contributed by atoms with Crippen molar-refractivity contribution in [3.63, 3.8) is 0 Å². The number of rotatable bonds is 78. The molecule has 0 saturated carbocycles. The summed E-state index contributed by atoms with van der Waals surface area (Å²) in [6.07, 6.45) is 87.4. The first-order valence-corrected chi connectivity index (χ1v) is 59.8. The third kappa shape index (κ3) is 83.7. The second-order valence-corrected chi connectivity index (χ2v) is 48.2. The molecule has 0 aliphatic rings. The lowest BCUT2D eigenvalue weighted by molar-refractivity contribution is 0.472. The van der Waals surface area contributed by atoms with Crippen molar-refractivity contribution >= 4 is 0 Å². The van der Waals surface area contributed by atoms with Gasteiger partial charge in [-0.2, -0.15) is 0 Å². The third-order valence-corrected chi connectivity index (χ3v) is 26.7. The van der Waals surface area contributed by atoms with Crippen molar-refractivity contribution in [3.8, 4) is 0 Å². The molecule has 141 heavy (non-hydrogen) atoms. The smallest absolute Gasteiger partial charge is 0.0827 e. The van der Waals surface area contributed by atoms with Gasteiger partial charge in [-0.25, -0.2) is 18.7 Å². The molecule has 0 aromatic carbocycles. The Morgan fingerprint density at radius 2 is 0.305 bits per heavy atom. The van der Waals surface area contributed by atoms with Gasteiger partial charge in [-0.3, -0.25) is 14.0 Å². The summed E-state index contributed by atoms with van der Waals surface area (Å²) in [4.78, 5) is 0. The average Bonchev–Trinajstić information content (AvgIpc) is 1.76. The van der Waals surface area contributed by atoms with E-state index in [1.165, 1.54) is 344 Å². The van der Waals surface area contributed by atoms with Crippen LogP contribution in [0.1, 0.15) is 555 Å². The fraction of sp³-hybridized carbons (Fsp3) is 0.883. The summed E-state index contributed by atoms with van der Waals surface area (Å²) in [6, 6.07) is 0. The Labute approximate surface area is 871 Å². The second-order valence-electron chi connectivity index (χ2n) is 48.2. The van der Waals surface area contributed by atoms with Gasteiger partial charge in [0.05, 0.1) is 64.6 Å². The van der Waals surface area contributed by atoms with Crippen molar-refractivity contribution in [2.75, 3.05) is 0 Å². The number of hydrogen-bond donors (Lipinski definition) is 0. The Balaban J connectivity index is 0.000000823. The predicted molar refractivity (Wildman–Crippen MR) is 605 cm³/mol. The highest BCUT2D eigenvalue weighted by Crippen LogP contribution is 2.22. The molecular weight excluding hydrogens is 1740 g/mol. The largest absolute Gasteiger partial charge is 0.252 e. The van der Waals surface area contributed by atoms with Crippen LogP contribution in [0.2, 0.25) is 0 Å². The molecule has 7 aromatic rings. The quantitative estimate of drug-likeness (QED) is 0.0324. The molecule has 0 unspecified atom stereocenters. The van der Waals surface area contributed by atoms with E-state index in [2.05, 4.69) is 303 Å². The first-order chi connectivity index (χ1) is 67.6. The Morgan fingerprint density at radius 3 is 0.525 bits per heavy atom. The molecule has 21 nitrogen and oxygen atoms in total. The van der Waals surface area contributed by atoms with E-state index in [4.69, 9.17) is 0 Å². The normalized spacial score (nSPS) is 11.7. The molecule has 0 amide bonds. The zero-order chi connectivity index (χ0) is 104. The van der Waals surface area contributed by atoms with Crippen LogP contribution < -0.4 is 0 Å². The van der Waals surface area contributed by atoms with Gasteiger partial charge in [0, 0.05) is 64.4 Å². The van der Waals surface area contributed by atoms with Gasteiger partial charge < -0.3 is 0 Å². The van der Waals surface area contributed by atoms with E-state index in [0.29, 0.717) is 0 Å². The Hall–Kier alpha value is -6.02. The number of aromatic nitrogens is 21. The van der Waals surface area contributed by atoms with E-state index >= 15 is 0 Å². The first-order valence-electron chi connectivity index (χ1n) is 59.8. The molecule has 0 aliphatic heterocycles. The molecule has 0 N–H and O–H groups in total. The molecule has 0 fully saturated rings. The maximum atomic E-state index is 4.26. The molecule has 7 rings (SSSR count). The van der Waals surface area contributed by atoms with Crippen LogP contribution in [0.15, 0.2) is 43.4 Å². The van der Waals surface area contributed by atoms with Crippen LogP contribution >= 0.6 is 0 Å². The molecule has 0 saturated heterocycles. The SMILES string of the molecule is CC(C)CCCCCCc1cnnn1CCCCC(C)C.CC(C)CCCCCCc1cnnn1CCCCC(C)C.CC(C)CCCCCc1cnnn1CCCCCC(C)C.CC(C)CCCCCc1cnnn1CCCCCC(C)C.CC(C)CCCCCn1cc(CCCC(C)C)nn1.CC(C)CCCCCn1cc(CCCC(C)C)nn1.CC(C)CCCCc1cn(CCCCC(C)C)nn1. The zero-order valence-electron chi connectivity index (χ0n) is 98.3. The van der Waals surface area contributed by atoms with Crippen LogP contribution in [0.25, 0.3) is 0 Å². The van der Waals surface area contributed by atoms with Gasteiger partial charge in [0.1, 0.15) is 0 Å². The minimum absolute atomic E-state index is 0.788. The summed E-state index contributed by atoms with van der Waals surface area (Å²) >= 11 is 0. The molecule has 0 radical (unpaired) electrons. The standard InChI is InChI=1S/4C18H35N3.3C16H31N3/c2*1-16(2)11-7-5-9-13-18-15-19-20-21(18)14-10-6-8-12-17(3)4;2*1-16(2)11-7-5-6-8-13-18-15-19-20-21(18)14-10-9-12-17(3)4;1-14(2)9-5-6-11-16-13-19(18-17-16)12-8-7-10-15(3)4;2*1-14(2)9-6-5-7-12-19-13-16(17-18-19)11-8-10-15(3)4/h4*15-17H,5-14H2,1-4H3;3*13-15H,5-12H2,1-4H3. The highest BCUT2D eigenvalue weighted by molar-refractivity contribution is 4.98. The van der Waals surface area contributed by atoms with E-state index in [-0.39, 0.29) is 0 Å². The molecule has 0 bridgehead atoms. The van der Waals surface area contributed by atoms with E-state index < -0.39 is 0 Å². The van der Waals surface area contributed by atoms with Crippen LogP contribution in [-0.2, 0) is 90.8 Å². The van der Waals surface area contributed by atoms with E-state index in [9.17, 15) is 0 Å². The molecule has 0 atom stereocenters. The fourth-order valence-corrected chi connectivity index (χ4v) is 17.5. The molecule has 21 heteroatoms. The Bertz CT molecular complexity index is 3450. The summed E-state index contributed by atoms with van der Waals surface area (Å²) < 4.78 is 14.5. The number of unbranched alkanes of at least 4 members (excludes halogenated alkanes) is 22. The first kappa shape index (κ1) is 133. The Kier molecular flexibility index (Phi) is 84.1. The zero-order valence-corrected chi connectivity index (χ0v) is 98.3. The van der Waals surface area contributed by atoms with Gasteiger partial charge in [-0.05, 0) is 218 Å². The monoisotopic (exact) mass is 1970 g/mol.